The number of thiazole rings is 1. The second-order valence-corrected chi connectivity index (χ2v) is 8.74. The fourth-order valence-electron chi connectivity index (χ4n) is 2.48. The number of methoxy groups -OCH3 is 1. The summed E-state index contributed by atoms with van der Waals surface area (Å²) < 4.78 is 34.4. The van der Waals surface area contributed by atoms with Crippen LogP contribution in [0.25, 0.3) is 0 Å². The van der Waals surface area contributed by atoms with Gasteiger partial charge in [0.05, 0.1) is 22.2 Å². The van der Waals surface area contributed by atoms with Crippen LogP contribution in [-0.4, -0.2) is 54.5 Å². The number of ether oxygens (including phenoxy) is 1. The van der Waals surface area contributed by atoms with Gasteiger partial charge in [0.2, 0.25) is 0 Å². The maximum absolute atomic E-state index is 14.4. The molecule has 0 bridgehead atoms. The van der Waals surface area contributed by atoms with Crippen LogP contribution < -0.4 is 10.0 Å². The van der Waals surface area contributed by atoms with Crippen molar-refractivity contribution >= 4 is 44.7 Å². The monoisotopic (exact) mass is 448 g/mol. The highest BCUT2D eigenvalue weighted by Gasteiger charge is 2.15. The number of hydrogen-bond donors (Lipinski definition) is 2. The van der Waals surface area contributed by atoms with Crippen molar-refractivity contribution in [2.75, 3.05) is 50.4 Å². The Labute approximate surface area is 177 Å². The number of nitrogens with one attached hydrogen (secondary N) is 2. The summed E-state index contributed by atoms with van der Waals surface area (Å²) in [7, 11) is 2.02. The van der Waals surface area contributed by atoms with Crippen molar-refractivity contribution < 1.29 is 13.3 Å². The Morgan fingerprint density at radius 1 is 1.32 bits per heavy atom. The predicted octanol–water partition coefficient (Wildman–Crippen LogP) is 4.23. The first-order valence-electron chi connectivity index (χ1n) is 8.99. The van der Waals surface area contributed by atoms with E-state index in [1.807, 2.05) is 0 Å². The van der Waals surface area contributed by atoms with Crippen molar-refractivity contribution in [1.82, 2.24) is 9.88 Å². The van der Waals surface area contributed by atoms with Gasteiger partial charge in [-0.3, -0.25) is 4.72 Å². The number of rotatable bonds is 13. The van der Waals surface area contributed by atoms with Crippen LogP contribution in [0.1, 0.15) is 19.3 Å². The second kappa shape index (κ2) is 12.3. The number of nitrogens with zero attached hydrogens (tertiary/aromatic N) is 2. The number of unbranched alkanes of at least 4 members (excludes halogenated alkanes) is 2. The van der Waals surface area contributed by atoms with E-state index in [2.05, 4.69) is 27.0 Å². The summed E-state index contributed by atoms with van der Waals surface area (Å²) in [6.45, 7) is 3.38. The Hall–Kier alpha value is -1.26. The van der Waals surface area contributed by atoms with Gasteiger partial charge in [-0.15, -0.1) is 11.3 Å². The standard InChI is InChI=1S/C18H26ClFN4O2S2/c1-24(9-10-26-2)8-5-3-4-6-21-16-13-15(20)17(12-14(16)19)28(25)23-18-22-7-11-27-18/h7,11-13,21H,3-6,8-10H2,1-2H3,(H,22,23). The van der Waals surface area contributed by atoms with Crippen LogP contribution in [0.4, 0.5) is 15.2 Å². The molecule has 0 amide bonds. The molecule has 2 N–H and O–H groups in total. The molecule has 28 heavy (non-hydrogen) atoms. The van der Waals surface area contributed by atoms with Crippen LogP contribution >= 0.6 is 22.9 Å². The Morgan fingerprint density at radius 3 is 2.86 bits per heavy atom. The molecule has 6 nitrogen and oxygen atoms in total. The van der Waals surface area contributed by atoms with E-state index in [-0.39, 0.29) is 4.90 Å². The van der Waals surface area contributed by atoms with Gasteiger partial charge >= 0.3 is 0 Å². The van der Waals surface area contributed by atoms with E-state index in [1.165, 1.54) is 23.5 Å². The molecular weight excluding hydrogens is 423 g/mol. The van der Waals surface area contributed by atoms with Crippen LogP contribution in [0, 0.1) is 5.82 Å². The fourth-order valence-corrected chi connectivity index (χ4v) is 4.35. The zero-order valence-electron chi connectivity index (χ0n) is 16.0. The minimum absolute atomic E-state index is 0.00449. The van der Waals surface area contributed by atoms with Gasteiger partial charge in [0, 0.05) is 31.8 Å². The largest absolute Gasteiger partial charge is 0.384 e. The number of likely N-dealkylation sites (N-methyl/N-ethyl adjacent to an activating group) is 1. The van der Waals surface area contributed by atoms with Gasteiger partial charge in [-0.1, -0.05) is 18.0 Å². The number of benzene rings is 1. The average molecular weight is 449 g/mol. The Kier molecular flexibility index (Phi) is 10.1. The minimum atomic E-state index is -1.76. The van der Waals surface area contributed by atoms with Crippen molar-refractivity contribution in [1.29, 1.82) is 0 Å². The minimum Gasteiger partial charge on any atom is -0.384 e. The van der Waals surface area contributed by atoms with E-state index < -0.39 is 16.8 Å². The van der Waals surface area contributed by atoms with Crippen LogP contribution in [0.5, 0.6) is 0 Å². The zero-order chi connectivity index (χ0) is 20.4. The quantitative estimate of drug-likeness (QED) is 0.449. The van der Waals surface area contributed by atoms with E-state index in [0.29, 0.717) is 22.4 Å². The van der Waals surface area contributed by atoms with E-state index in [1.54, 1.807) is 18.7 Å². The summed E-state index contributed by atoms with van der Waals surface area (Å²) in [5.74, 6) is -0.575. The molecule has 156 valence electrons. The highest BCUT2D eigenvalue weighted by atomic mass is 35.5. The first-order chi connectivity index (χ1) is 13.5. The molecular formula is C18H26ClFN4O2S2. The molecule has 0 spiro atoms. The molecule has 1 aromatic carbocycles. The number of aromatic nitrogens is 1. The van der Waals surface area contributed by atoms with Crippen LogP contribution in [0.2, 0.25) is 5.02 Å². The summed E-state index contributed by atoms with van der Waals surface area (Å²) >= 11 is 7.52. The lowest BCUT2D eigenvalue weighted by atomic mass is 10.2. The summed E-state index contributed by atoms with van der Waals surface area (Å²) in [4.78, 5) is 6.22. The molecule has 2 rings (SSSR count). The summed E-state index contributed by atoms with van der Waals surface area (Å²) in [6.07, 6.45) is 4.68. The van der Waals surface area contributed by atoms with E-state index in [4.69, 9.17) is 16.3 Å². The molecule has 1 heterocycles. The lowest BCUT2D eigenvalue weighted by Gasteiger charge is -2.15. The first-order valence-corrected chi connectivity index (χ1v) is 11.4. The van der Waals surface area contributed by atoms with Gasteiger partial charge < -0.3 is 15.0 Å². The van der Waals surface area contributed by atoms with Gasteiger partial charge in [0.25, 0.3) is 0 Å². The highest BCUT2D eigenvalue weighted by Crippen LogP contribution is 2.28. The van der Waals surface area contributed by atoms with Crippen molar-refractivity contribution in [2.45, 2.75) is 24.2 Å². The smallest absolute Gasteiger partial charge is 0.194 e. The lowest BCUT2D eigenvalue weighted by Crippen LogP contribution is -2.23. The summed E-state index contributed by atoms with van der Waals surface area (Å²) in [5, 5.41) is 5.70. The van der Waals surface area contributed by atoms with Crippen molar-refractivity contribution in [3.8, 4) is 0 Å². The van der Waals surface area contributed by atoms with E-state index in [0.717, 1.165) is 39.0 Å². The van der Waals surface area contributed by atoms with Gasteiger partial charge in [-0.05, 0) is 38.6 Å². The zero-order valence-corrected chi connectivity index (χ0v) is 18.4. The van der Waals surface area contributed by atoms with Gasteiger partial charge in [-0.2, -0.15) is 0 Å². The fraction of sp³-hybridized carbons (Fsp3) is 0.500. The van der Waals surface area contributed by atoms with Gasteiger partial charge in [0.1, 0.15) is 5.82 Å². The topological polar surface area (TPSA) is 66.5 Å². The molecule has 0 radical (unpaired) electrons. The van der Waals surface area contributed by atoms with Crippen molar-refractivity contribution in [3.63, 3.8) is 0 Å². The SMILES string of the molecule is COCCN(C)CCCCCNc1cc(F)c(S(=O)Nc2nccs2)cc1Cl. The number of hydrogen-bond acceptors (Lipinski definition) is 6. The van der Waals surface area contributed by atoms with Crippen molar-refractivity contribution in [2.24, 2.45) is 0 Å². The van der Waals surface area contributed by atoms with Crippen LogP contribution in [0.15, 0.2) is 28.6 Å². The number of anilines is 2. The van der Waals surface area contributed by atoms with E-state index >= 15 is 0 Å². The van der Waals surface area contributed by atoms with Crippen molar-refractivity contribution in [3.05, 3.63) is 34.5 Å². The molecule has 0 aliphatic carbocycles. The molecule has 0 aliphatic rings. The summed E-state index contributed by atoms with van der Waals surface area (Å²) in [5.41, 5.74) is 0.506. The average Bonchev–Trinajstić information content (AvgIpc) is 3.17. The van der Waals surface area contributed by atoms with Gasteiger partial charge in [-0.25, -0.2) is 13.6 Å². The molecule has 0 fully saturated rings. The third-order valence-corrected chi connectivity index (χ3v) is 6.26. The molecule has 0 saturated heterocycles. The van der Waals surface area contributed by atoms with E-state index in [9.17, 15) is 8.60 Å². The second-order valence-electron chi connectivity index (χ2n) is 6.25. The predicted molar refractivity (Wildman–Crippen MR) is 115 cm³/mol. The van der Waals surface area contributed by atoms with Crippen LogP contribution in [0.3, 0.4) is 0 Å². The molecule has 2 aromatic rings. The Morgan fingerprint density at radius 2 is 2.14 bits per heavy atom. The molecule has 0 saturated carbocycles. The summed E-state index contributed by atoms with van der Waals surface area (Å²) in [6, 6.07) is 2.68. The highest BCUT2D eigenvalue weighted by molar-refractivity contribution is 7.86. The molecule has 1 unspecified atom stereocenters. The molecule has 1 aromatic heterocycles. The third kappa shape index (κ3) is 7.63. The van der Waals surface area contributed by atoms with Crippen LogP contribution in [-0.2, 0) is 15.7 Å². The molecule has 10 heteroatoms. The lowest BCUT2D eigenvalue weighted by molar-refractivity contribution is 0.160. The third-order valence-electron chi connectivity index (χ3n) is 4.04. The Bertz CT molecular complexity index is 749. The molecule has 0 aliphatic heterocycles. The first kappa shape index (κ1) is 23.0. The van der Waals surface area contributed by atoms with Gasteiger partial charge in [0.15, 0.2) is 16.1 Å². The maximum Gasteiger partial charge on any atom is 0.194 e. The Balaban J connectivity index is 1.77. The maximum atomic E-state index is 14.4. The molecule has 1 atom stereocenters. The number of halogens is 2. The normalized spacial score (nSPS) is 12.3.